The Hall–Kier alpha value is -2.44. The van der Waals surface area contributed by atoms with Crippen molar-refractivity contribution in [2.75, 3.05) is 32.8 Å². The molecule has 0 saturated carbocycles. The Morgan fingerprint density at radius 1 is 1.19 bits per heavy atom. The summed E-state index contributed by atoms with van der Waals surface area (Å²) in [4.78, 5) is 24.6. The van der Waals surface area contributed by atoms with Gasteiger partial charge in [0, 0.05) is 18.7 Å². The van der Waals surface area contributed by atoms with Crippen molar-refractivity contribution in [2.24, 2.45) is 5.92 Å². The van der Waals surface area contributed by atoms with Crippen LogP contribution in [-0.4, -0.2) is 44.9 Å². The first kappa shape index (κ1) is 15.0. The van der Waals surface area contributed by atoms with Gasteiger partial charge in [-0.3, -0.25) is 9.59 Å². The minimum absolute atomic E-state index is 0.283. The van der Waals surface area contributed by atoms with E-state index in [1.807, 2.05) is 0 Å². The van der Waals surface area contributed by atoms with Crippen LogP contribution in [0.1, 0.15) is 6.42 Å². The molecule has 1 heterocycles. The number of benzene rings is 1. The number of nitrogens with zero attached hydrogens (tertiary/aromatic N) is 1. The lowest BCUT2D eigenvalue weighted by molar-refractivity contribution is -0.144. The predicted octanol–water partition coefficient (Wildman–Crippen LogP) is 1.15. The van der Waals surface area contributed by atoms with Crippen LogP contribution in [0.25, 0.3) is 0 Å². The summed E-state index contributed by atoms with van der Waals surface area (Å²) in [5, 5.41) is 9.02. The first-order valence-electron chi connectivity index (χ1n) is 6.37. The third-order valence-electron chi connectivity index (χ3n) is 3.46. The lowest BCUT2D eigenvalue weighted by Gasteiger charge is -2.20. The van der Waals surface area contributed by atoms with Crippen molar-refractivity contribution in [1.29, 1.82) is 0 Å². The monoisotopic (exact) mass is 295 g/mol. The normalized spacial score (nSPS) is 17.8. The summed E-state index contributed by atoms with van der Waals surface area (Å²) in [7, 11) is 4.45. The molecule has 1 aliphatic heterocycles. The number of carbonyl (C=O) groups is 2. The Balaban J connectivity index is 2.41. The summed E-state index contributed by atoms with van der Waals surface area (Å²) in [5.41, 5.74) is 0.526. The Morgan fingerprint density at radius 3 is 2.14 bits per heavy atom. The van der Waals surface area contributed by atoms with Gasteiger partial charge >= 0.3 is 5.97 Å². The third kappa shape index (κ3) is 2.58. The molecule has 1 aliphatic rings. The maximum absolute atomic E-state index is 12.1. The second-order valence-electron chi connectivity index (χ2n) is 4.55. The van der Waals surface area contributed by atoms with E-state index in [-0.39, 0.29) is 6.42 Å². The molecular weight excluding hydrogens is 278 g/mol. The largest absolute Gasteiger partial charge is 0.493 e. The van der Waals surface area contributed by atoms with Gasteiger partial charge in [-0.15, -0.1) is 0 Å². The minimum atomic E-state index is -1.10. The fourth-order valence-corrected chi connectivity index (χ4v) is 2.39. The van der Waals surface area contributed by atoms with Crippen LogP contribution in [-0.2, 0) is 9.59 Å². The van der Waals surface area contributed by atoms with Gasteiger partial charge in [-0.1, -0.05) is 0 Å². The number of ether oxygens (including phenoxy) is 3. The molecule has 1 fully saturated rings. The summed E-state index contributed by atoms with van der Waals surface area (Å²) in [5.74, 6) is -1.28. The van der Waals surface area contributed by atoms with Crippen LogP contribution >= 0.6 is 0 Å². The van der Waals surface area contributed by atoms with Crippen molar-refractivity contribution in [3.05, 3.63) is 12.1 Å². The lowest BCUT2D eigenvalue weighted by atomic mass is 10.1. The maximum Gasteiger partial charge on any atom is 0.316 e. The molecule has 1 saturated heterocycles. The summed E-state index contributed by atoms with van der Waals surface area (Å²) in [6, 6.07) is 3.26. The zero-order valence-electron chi connectivity index (χ0n) is 12.1. The topological polar surface area (TPSA) is 85.3 Å². The van der Waals surface area contributed by atoms with Crippen LogP contribution in [0.4, 0.5) is 5.69 Å². The molecule has 0 aromatic heterocycles. The zero-order valence-corrected chi connectivity index (χ0v) is 12.1. The molecule has 1 N–H and O–H groups in total. The average Bonchev–Trinajstić information content (AvgIpc) is 2.87. The van der Waals surface area contributed by atoms with Gasteiger partial charge in [0.05, 0.1) is 27.0 Å². The van der Waals surface area contributed by atoms with E-state index in [1.54, 1.807) is 12.1 Å². The molecule has 7 nitrogen and oxygen atoms in total. The summed E-state index contributed by atoms with van der Waals surface area (Å²) in [6.45, 7) is 0.342. The summed E-state index contributed by atoms with van der Waals surface area (Å²) < 4.78 is 15.7. The molecule has 1 amide bonds. The molecule has 21 heavy (non-hydrogen) atoms. The van der Waals surface area contributed by atoms with Crippen LogP contribution in [0, 0.1) is 5.92 Å². The second-order valence-corrected chi connectivity index (χ2v) is 4.55. The van der Waals surface area contributed by atoms with E-state index in [0.29, 0.717) is 29.5 Å². The van der Waals surface area contributed by atoms with Crippen molar-refractivity contribution >= 4 is 17.6 Å². The van der Waals surface area contributed by atoms with E-state index in [2.05, 4.69) is 0 Å². The second kappa shape index (κ2) is 5.90. The number of hydrogen-bond donors (Lipinski definition) is 1. The number of anilines is 1. The average molecular weight is 295 g/mol. The highest BCUT2D eigenvalue weighted by molar-refractivity contribution is 6.07. The highest BCUT2D eigenvalue weighted by Gasteiger charge is 2.38. The Kier molecular flexibility index (Phi) is 4.21. The molecule has 1 aromatic carbocycles. The Bertz CT molecular complexity index is 546. The summed E-state index contributed by atoms with van der Waals surface area (Å²) in [6.07, 6.45) is 0.283. The molecule has 0 spiro atoms. The third-order valence-corrected chi connectivity index (χ3v) is 3.46. The van der Waals surface area contributed by atoms with Gasteiger partial charge in [-0.25, -0.2) is 0 Å². The number of carbonyl (C=O) groups excluding carboxylic acids is 1. The molecule has 1 aromatic rings. The molecule has 1 unspecified atom stereocenters. The maximum atomic E-state index is 12.1. The first-order valence-corrected chi connectivity index (χ1v) is 6.37. The molecule has 114 valence electrons. The number of carboxylic acids is 1. The number of carboxylic acid groups (broad SMARTS) is 1. The van der Waals surface area contributed by atoms with Crippen molar-refractivity contribution in [2.45, 2.75) is 6.42 Å². The van der Waals surface area contributed by atoms with Gasteiger partial charge in [0.2, 0.25) is 11.7 Å². The molecule has 0 bridgehead atoms. The van der Waals surface area contributed by atoms with Gasteiger partial charge in [0.1, 0.15) is 5.92 Å². The van der Waals surface area contributed by atoms with Gasteiger partial charge in [0.25, 0.3) is 0 Å². The number of amides is 1. The van der Waals surface area contributed by atoms with Crippen molar-refractivity contribution < 1.29 is 28.9 Å². The molecule has 2 rings (SSSR count). The van der Waals surface area contributed by atoms with Crippen LogP contribution < -0.4 is 19.1 Å². The zero-order chi connectivity index (χ0) is 15.6. The molecule has 1 atom stereocenters. The van der Waals surface area contributed by atoms with Crippen LogP contribution in [0.2, 0.25) is 0 Å². The number of aliphatic carboxylic acids is 1. The fraction of sp³-hybridized carbons (Fsp3) is 0.429. The molecular formula is C14H17NO6. The van der Waals surface area contributed by atoms with Crippen molar-refractivity contribution in [3.63, 3.8) is 0 Å². The van der Waals surface area contributed by atoms with Crippen LogP contribution in [0.5, 0.6) is 17.2 Å². The number of hydrogen-bond acceptors (Lipinski definition) is 5. The van der Waals surface area contributed by atoms with E-state index < -0.39 is 17.8 Å². The molecule has 0 aliphatic carbocycles. The van der Waals surface area contributed by atoms with Crippen LogP contribution in [0.3, 0.4) is 0 Å². The van der Waals surface area contributed by atoms with E-state index in [9.17, 15) is 9.59 Å². The van der Waals surface area contributed by atoms with Gasteiger partial charge < -0.3 is 24.2 Å². The standard InChI is InChI=1S/C14H17NO6/c1-19-10-6-8(7-11(20-2)12(10)21-3)15-5-4-9(13(15)16)14(17)18/h6-7,9H,4-5H2,1-3H3,(H,17,18). The molecule has 0 radical (unpaired) electrons. The van der Waals surface area contributed by atoms with Gasteiger partial charge in [0.15, 0.2) is 11.5 Å². The summed E-state index contributed by atoms with van der Waals surface area (Å²) >= 11 is 0. The Morgan fingerprint density at radius 2 is 1.76 bits per heavy atom. The van der Waals surface area contributed by atoms with Gasteiger partial charge in [-0.2, -0.15) is 0 Å². The Labute approximate surface area is 122 Å². The number of rotatable bonds is 5. The van der Waals surface area contributed by atoms with E-state index >= 15 is 0 Å². The highest BCUT2D eigenvalue weighted by atomic mass is 16.5. The SMILES string of the molecule is COc1cc(N2CCC(C(=O)O)C2=O)cc(OC)c1OC. The van der Waals surface area contributed by atoms with E-state index in [4.69, 9.17) is 19.3 Å². The van der Waals surface area contributed by atoms with Gasteiger partial charge in [-0.05, 0) is 6.42 Å². The van der Waals surface area contributed by atoms with E-state index in [1.165, 1.54) is 26.2 Å². The predicted molar refractivity (Wildman–Crippen MR) is 74.2 cm³/mol. The lowest BCUT2D eigenvalue weighted by Crippen LogP contribution is -2.30. The van der Waals surface area contributed by atoms with Crippen LogP contribution in [0.15, 0.2) is 12.1 Å². The highest BCUT2D eigenvalue weighted by Crippen LogP contribution is 2.42. The van der Waals surface area contributed by atoms with Crippen molar-refractivity contribution in [3.8, 4) is 17.2 Å². The first-order chi connectivity index (χ1) is 10.0. The van der Waals surface area contributed by atoms with Crippen molar-refractivity contribution in [1.82, 2.24) is 0 Å². The minimum Gasteiger partial charge on any atom is -0.493 e. The smallest absolute Gasteiger partial charge is 0.316 e. The van der Waals surface area contributed by atoms with E-state index in [0.717, 1.165) is 0 Å². The molecule has 7 heteroatoms. The fourth-order valence-electron chi connectivity index (χ4n) is 2.39. The number of methoxy groups -OCH3 is 3. The quantitative estimate of drug-likeness (QED) is 0.820.